The second-order valence-electron chi connectivity index (χ2n) is 5.85. The van der Waals surface area contributed by atoms with Crippen molar-refractivity contribution in [2.24, 2.45) is 0 Å². The fraction of sp³-hybridized carbons (Fsp3) is 0.733. The molecule has 0 bridgehead atoms. The highest BCUT2D eigenvalue weighted by Gasteiger charge is 2.31. The molecule has 1 aliphatic heterocycles. The number of anilines is 2. The van der Waals surface area contributed by atoms with Crippen LogP contribution in [0.25, 0.3) is 0 Å². The van der Waals surface area contributed by atoms with E-state index in [1.165, 1.54) is 31.5 Å². The molecule has 20 heavy (non-hydrogen) atoms. The predicted molar refractivity (Wildman–Crippen MR) is 82.4 cm³/mol. The maximum Gasteiger partial charge on any atom is 0.137 e. The van der Waals surface area contributed by atoms with Crippen molar-refractivity contribution in [3.63, 3.8) is 0 Å². The minimum Gasteiger partial charge on any atom is -0.370 e. The van der Waals surface area contributed by atoms with Gasteiger partial charge in [0.05, 0.1) is 0 Å². The highest BCUT2D eigenvalue weighted by molar-refractivity contribution is 5.58. The molecule has 1 saturated carbocycles. The van der Waals surface area contributed by atoms with Crippen molar-refractivity contribution >= 4 is 11.6 Å². The van der Waals surface area contributed by atoms with E-state index < -0.39 is 0 Å². The number of hydrogen-bond donors (Lipinski definition) is 1. The van der Waals surface area contributed by atoms with Crippen molar-refractivity contribution in [1.82, 2.24) is 14.9 Å². The minimum atomic E-state index is 0.880. The van der Waals surface area contributed by atoms with E-state index in [0.717, 1.165) is 43.7 Å². The molecule has 0 radical (unpaired) electrons. The third-order valence-corrected chi connectivity index (χ3v) is 4.28. The van der Waals surface area contributed by atoms with Gasteiger partial charge in [-0.15, -0.1) is 0 Å². The van der Waals surface area contributed by atoms with Gasteiger partial charge in [0.1, 0.15) is 18.0 Å². The minimum absolute atomic E-state index is 0.880. The average molecular weight is 275 g/mol. The van der Waals surface area contributed by atoms with Crippen LogP contribution in [0.2, 0.25) is 0 Å². The van der Waals surface area contributed by atoms with Gasteiger partial charge in [0.15, 0.2) is 0 Å². The van der Waals surface area contributed by atoms with Gasteiger partial charge in [-0.3, -0.25) is 4.90 Å². The van der Waals surface area contributed by atoms with E-state index in [-0.39, 0.29) is 0 Å². The van der Waals surface area contributed by atoms with Crippen LogP contribution in [-0.4, -0.2) is 53.6 Å². The molecular weight excluding hydrogens is 250 g/mol. The molecule has 2 aliphatic rings. The van der Waals surface area contributed by atoms with Crippen molar-refractivity contribution in [1.29, 1.82) is 0 Å². The number of nitrogens with zero attached hydrogens (tertiary/aromatic N) is 4. The van der Waals surface area contributed by atoms with Crippen molar-refractivity contribution in [3.05, 3.63) is 11.9 Å². The van der Waals surface area contributed by atoms with Crippen molar-refractivity contribution in [2.75, 3.05) is 42.9 Å². The lowest BCUT2D eigenvalue weighted by Gasteiger charge is -2.36. The maximum atomic E-state index is 4.51. The molecule has 1 aromatic heterocycles. The molecule has 5 nitrogen and oxygen atoms in total. The molecule has 1 N–H and O–H groups in total. The molecule has 5 heteroatoms. The van der Waals surface area contributed by atoms with Gasteiger partial charge in [-0.2, -0.15) is 0 Å². The normalized spacial score (nSPS) is 20.2. The Balaban J connectivity index is 1.67. The summed E-state index contributed by atoms with van der Waals surface area (Å²) in [5.74, 6) is 2.09. The largest absolute Gasteiger partial charge is 0.370 e. The van der Waals surface area contributed by atoms with Crippen LogP contribution in [0, 0.1) is 6.92 Å². The lowest BCUT2D eigenvalue weighted by molar-refractivity contribution is 0.247. The second kappa shape index (κ2) is 5.95. The smallest absolute Gasteiger partial charge is 0.137 e. The van der Waals surface area contributed by atoms with Gasteiger partial charge in [0.25, 0.3) is 0 Å². The molecule has 0 unspecified atom stereocenters. The zero-order valence-electron chi connectivity index (χ0n) is 12.6. The van der Waals surface area contributed by atoms with Crippen LogP contribution in [0.3, 0.4) is 0 Å². The lowest BCUT2D eigenvalue weighted by Crippen LogP contribution is -2.47. The lowest BCUT2D eigenvalue weighted by atomic mass is 10.2. The van der Waals surface area contributed by atoms with E-state index in [4.69, 9.17) is 0 Å². The van der Waals surface area contributed by atoms with E-state index in [0.29, 0.717) is 0 Å². The quantitative estimate of drug-likeness (QED) is 0.889. The molecule has 110 valence electrons. The Labute approximate surface area is 121 Å². The maximum absolute atomic E-state index is 4.51. The molecule has 0 atom stereocenters. The molecule has 0 aromatic carbocycles. The van der Waals surface area contributed by atoms with E-state index in [1.54, 1.807) is 6.33 Å². The Kier molecular flexibility index (Phi) is 4.05. The number of aromatic nitrogens is 2. The topological polar surface area (TPSA) is 44.3 Å². The third kappa shape index (κ3) is 2.87. The first-order chi connectivity index (χ1) is 9.79. The first-order valence-electron chi connectivity index (χ1n) is 7.84. The summed E-state index contributed by atoms with van der Waals surface area (Å²) in [5.41, 5.74) is 1.18. The van der Waals surface area contributed by atoms with Crippen LogP contribution >= 0.6 is 0 Å². The standard InChI is InChI=1S/C15H25N5/c1-3-6-16-14-12(2)15(18-11-17-14)20-9-7-19(8-10-20)13-4-5-13/h11,13H,3-10H2,1-2H3,(H,16,17,18). The summed E-state index contributed by atoms with van der Waals surface area (Å²) in [6.07, 6.45) is 5.60. The fourth-order valence-electron chi connectivity index (χ4n) is 2.92. The van der Waals surface area contributed by atoms with Gasteiger partial charge in [-0.1, -0.05) is 6.92 Å². The summed E-state index contributed by atoms with van der Waals surface area (Å²) in [6, 6.07) is 0.880. The first kappa shape index (κ1) is 13.6. The predicted octanol–water partition coefficient (Wildman–Crippen LogP) is 1.89. The Morgan fingerprint density at radius 3 is 2.60 bits per heavy atom. The first-order valence-corrected chi connectivity index (χ1v) is 7.84. The number of hydrogen-bond acceptors (Lipinski definition) is 5. The molecule has 1 saturated heterocycles. The van der Waals surface area contributed by atoms with Gasteiger partial charge >= 0.3 is 0 Å². The fourth-order valence-corrected chi connectivity index (χ4v) is 2.92. The van der Waals surface area contributed by atoms with Crippen LogP contribution in [-0.2, 0) is 0 Å². The van der Waals surface area contributed by atoms with Gasteiger partial charge in [0, 0.05) is 44.3 Å². The van der Waals surface area contributed by atoms with E-state index in [1.807, 2.05) is 0 Å². The second-order valence-corrected chi connectivity index (χ2v) is 5.85. The number of piperazine rings is 1. The molecule has 0 spiro atoms. The van der Waals surface area contributed by atoms with E-state index in [2.05, 4.69) is 38.9 Å². The van der Waals surface area contributed by atoms with Gasteiger partial charge in [0.2, 0.25) is 0 Å². The molecule has 2 fully saturated rings. The molecule has 2 heterocycles. The van der Waals surface area contributed by atoms with Crippen molar-refractivity contribution < 1.29 is 0 Å². The summed E-state index contributed by atoms with van der Waals surface area (Å²) >= 11 is 0. The molecule has 1 aromatic rings. The number of nitrogens with one attached hydrogen (secondary N) is 1. The van der Waals surface area contributed by atoms with Gasteiger partial charge < -0.3 is 10.2 Å². The monoisotopic (exact) mass is 275 g/mol. The summed E-state index contributed by atoms with van der Waals surface area (Å²) in [4.78, 5) is 13.9. The summed E-state index contributed by atoms with van der Waals surface area (Å²) in [7, 11) is 0. The molecule has 1 aliphatic carbocycles. The number of rotatable bonds is 5. The van der Waals surface area contributed by atoms with Gasteiger partial charge in [-0.25, -0.2) is 9.97 Å². The average Bonchev–Trinajstić information content (AvgIpc) is 3.31. The molecular formula is C15H25N5. The Hall–Kier alpha value is -1.36. The SMILES string of the molecule is CCCNc1ncnc(N2CCN(C3CC3)CC2)c1C. The van der Waals surface area contributed by atoms with Crippen LogP contribution < -0.4 is 10.2 Å². The highest BCUT2D eigenvalue weighted by atomic mass is 15.3. The van der Waals surface area contributed by atoms with Crippen LogP contribution in [0.5, 0.6) is 0 Å². The van der Waals surface area contributed by atoms with Crippen LogP contribution in [0.15, 0.2) is 6.33 Å². The highest BCUT2D eigenvalue weighted by Crippen LogP contribution is 2.29. The third-order valence-electron chi connectivity index (χ3n) is 4.28. The zero-order chi connectivity index (χ0) is 13.9. The van der Waals surface area contributed by atoms with Crippen LogP contribution in [0.1, 0.15) is 31.7 Å². The molecule has 0 amide bonds. The van der Waals surface area contributed by atoms with Gasteiger partial charge in [-0.05, 0) is 26.2 Å². The Morgan fingerprint density at radius 2 is 1.95 bits per heavy atom. The summed E-state index contributed by atoms with van der Waals surface area (Å²) in [6.45, 7) is 9.77. The Morgan fingerprint density at radius 1 is 1.20 bits per heavy atom. The zero-order valence-corrected chi connectivity index (χ0v) is 12.6. The summed E-state index contributed by atoms with van der Waals surface area (Å²) < 4.78 is 0. The van der Waals surface area contributed by atoms with Crippen molar-refractivity contribution in [3.8, 4) is 0 Å². The van der Waals surface area contributed by atoms with Crippen LogP contribution in [0.4, 0.5) is 11.6 Å². The Bertz CT molecular complexity index is 450. The van der Waals surface area contributed by atoms with Crippen molar-refractivity contribution in [2.45, 2.75) is 39.2 Å². The van der Waals surface area contributed by atoms with E-state index in [9.17, 15) is 0 Å². The summed E-state index contributed by atoms with van der Waals surface area (Å²) in [5, 5.41) is 3.39. The van der Waals surface area contributed by atoms with E-state index >= 15 is 0 Å². The molecule has 3 rings (SSSR count).